The van der Waals surface area contributed by atoms with Crippen LogP contribution in [0.4, 0.5) is 0 Å². The van der Waals surface area contributed by atoms with Crippen molar-refractivity contribution >= 4 is 11.9 Å². The summed E-state index contributed by atoms with van der Waals surface area (Å²) in [6.07, 6.45) is 0.780. The van der Waals surface area contributed by atoms with Crippen LogP contribution in [0.25, 0.3) is 0 Å². The molecule has 1 aliphatic rings. The predicted molar refractivity (Wildman–Crippen MR) is 80.0 cm³/mol. The summed E-state index contributed by atoms with van der Waals surface area (Å²) in [6.45, 7) is 11.3. The zero-order valence-electron chi connectivity index (χ0n) is 13.6. The van der Waals surface area contributed by atoms with E-state index in [4.69, 9.17) is 9.47 Å². The van der Waals surface area contributed by atoms with Crippen molar-refractivity contribution in [3.63, 3.8) is 0 Å². The van der Waals surface area contributed by atoms with Gasteiger partial charge in [-0.25, -0.2) is 0 Å². The molecule has 6 nitrogen and oxygen atoms in total. The first-order valence-electron chi connectivity index (χ1n) is 7.70. The average Bonchev–Trinajstić information content (AvgIpc) is 2.52. The van der Waals surface area contributed by atoms with Crippen molar-refractivity contribution in [3.8, 4) is 0 Å². The van der Waals surface area contributed by atoms with E-state index in [0.717, 1.165) is 32.6 Å². The second kappa shape index (κ2) is 9.00. The molecule has 0 unspecified atom stereocenters. The molecule has 0 aromatic carbocycles. The molecule has 1 aliphatic heterocycles. The molecule has 0 bridgehead atoms. The quantitative estimate of drug-likeness (QED) is 0.679. The summed E-state index contributed by atoms with van der Waals surface area (Å²) in [6, 6.07) is 0. The van der Waals surface area contributed by atoms with E-state index < -0.39 is 0 Å². The molecule has 0 radical (unpaired) electrons. The van der Waals surface area contributed by atoms with Crippen LogP contribution in [0, 0.1) is 0 Å². The summed E-state index contributed by atoms with van der Waals surface area (Å²) in [7, 11) is 0. The lowest BCUT2D eigenvalue weighted by atomic mass is 10.3. The lowest BCUT2D eigenvalue weighted by molar-refractivity contribution is -0.150. The molecule has 1 heterocycles. The molecular weight excluding hydrogens is 272 g/mol. The Morgan fingerprint density at radius 2 is 1.19 bits per heavy atom. The van der Waals surface area contributed by atoms with E-state index in [2.05, 4.69) is 9.80 Å². The molecule has 0 aliphatic carbocycles. The molecule has 0 amide bonds. The van der Waals surface area contributed by atoms with Crippen LogP contribution in [-0.2, 0) is 19.1 Å². The lowest BCUT2D eigenvalue weighted by Gasteiger charge is -2.21. The minimum Gasteiger partial charge on any atom is -0.462 e. The zero-order valence-corrected chi connectivity index (χ0v) is 13.6. The highest BCUT2D eigenvalue weighted by molar-refractivity contribution is 5.72. The second-order valence-corrected chi connectivity index (χ2v) is 5.98. The van der Waals surface area contributed by atoms with Gasteiger partial charge in [0.2, 0.25) is 0 Å². The first-order valence-corrected chi connectivity index (χ1v) is 7.70. The van der Waals surface area contributed by atoms with Gasteiger partial charge in [0.15, 0.2) is 0 Å². The number of esters is 2. The predicted octanol–water partition coefficient (Wildman–Crippen LogP) is 0.897. The fourth-order valence-corrected chi connectivity index (χ4v) is 2.31. The summed E-state index contributed by atoms with van der Waals surface area (Å²) in [4.78, 5) is 27.5. The normalized spacial score (nSPS) is 17.8. The third-order valence-electron chi connectivity index (χ3n) is 3.12. The molecule has 1 fully saturated rings. The van der Waals surface area contributed by atoms with Crippen LogP contribution in [0.15, 0.2) is 0 Å². The van der Waals surface area contributed by atoms with Crippen LogP contribution in [0.2, 0.25) is 0 Å². The summed E-state index contributed by atoms with van der Waals surface area (Å²) >= 11 is 0. The number of hydrogen-bond donors (Lipinski definition) is 0. The van der Waals surface area contributed by atoms with Gasteiger partial charge in [-0.1, -0.05) is 0 Å². The highest BCUT2D eigenvalue weighted by atomic mass is 16.5. The molecule has 0 aromatic rings. The Balaban J connectivity index is 2.33. The summed E-state index contributed by atoms with van der Waals surface area (Å²) in [5.41, 5.74) is 0. The number of carbonyl (C=O) groups is 2. The Bertz CT molecular complexity index is 313. The van der Waals surface area contributed by atoms with Crippen molar-refractivity contribution in [1.29, 1.82) is 0 Å². The summed E-state index contributed by atoms with van der Waals surface area (Å²) in [5.74, 6) is -0.365. The monoisotopic (exact) mass is 300 g/mol. The van der Waals surface area contributed by atoms with E-state index in [1.54, 1.807) is 0 Å². The Morgan fingerprint density at radius 3 is 1.52 bits per heavy atom. The van der Waals surface area contributed by atoms with Gasteiger partial charge in [0.1, 0.15) is 0 Å². The van der Waals surface area contributed by atoms with Gasteiger partial charge in [0.05, 0.1) is 25.3 Å². The Morgan fingerprint density at radius 1 is 0.810 bits per heavy atom. The maximum atomic E-state index is 11.7. The van der Waals surface area contributed by atoms with Crippen molar-refractivity contribution in [3.05, 3.63) is 0 Å². The van der Waals surface area contributed by atoms with Crippen LogP contribution >= 0.6 is 0 Å². The first-order chi connectivity index (χ1) is 9.86. The van der Waals surface area contributed by atoms with Crippen molar-refractivity contribution in [2.24, 2.45) is 0 Å². The van der Waals surface area contributed by atoms with Crippen LogP contribution < -0.4 is 0 Å². The van der Waals surface area contributed by atoms with Gasteiger partial charge in [0, 0.05) is 26.2 Å². The van der Waals surface area contributed by atoms with Crippen molar-refractivity contribution in [2.75, 3.05) is 39.3 Å². The molecule has 0 N–H and O–H groups in total. The minimum absolute atomic E-state index is 0.0771. The van der Waals surface area contributed by atoms with E-state index in [9.17, 15) is 9.59 Å². The molecule has 0 saturated carbocycles. The highest BCUT2D eigenvalue weighted by Crippen LogP contribution is 2.04. The largest absolute Gasteiger partial charge is 0.462 e. The van der Waals surface area contributed by atoms with Gasteiger partial charge in [-0.15, -0.1) is 0 Å². The highest BCUT2D eigenvalue weighted by Gasteiger charge is 2.20. The number of hydrogen-bond acceptors (Lipinski definition) is 6. The Hall–Kier alpha value is -1.14. The molecule has 0 atom stereocenters. The topological polar surface area (TPSA) is 59.1 Å². The van der Waals surface area contributed by atoms with Crippen molar-refractivity contribution in [2.45, 2.75) is 46.3 Å². The van der Waals surface area contributed by atoms with Crippen molar-refractivity contribution < 1.29 is 19.1 Å². The Labute approximate surface area is 127 Å². The smallest absolute Gasteiger partial charge is 0.320 e. The maximum Gasteiger partial charge on any atom is 0.320 e. The van der Waals surface area contributed by atoms with Gasteiger partial charge >= 0.3 is 11.9 Å². The average molecular weight is 300 g/mol. The maximum absolute atomic E-state index is 11.7. The fraction of sp³-hybridized carbons (Fsp3) is 0.867. The number of rotatable bonds is 6. The van der Waals surface area contributed by atoms with Crippen molar-refractivity contribution in [1.82, 2.24) is 9.80 Å². The van der Waals surface area contributed by atoms with E-state index >= 15 is 0 Å². The number of ether oxygens (including phenoxy) is 2. The second-order valence-electron chi connectivity index (χ2n) is 5.98. The van der Waals surface area contributed by atoms with Gasteiger partial charge in [0.25, 0.3) is 0 Å². The van der Waals surface area contributed by atoms with Crippen LogP contribution in [0.1, 0.15) is 34.1 Å². The number of nitrogens with zero attached hydrogens (tertiary/aromatic N) is 2. The van der Waals surface area contributed by atoms with E-state index in [0.29, 0.717) is 13.1 Å². The van der Waals surface area contributed by atoms with Gasteiger partial charge in [-0.05, 0) is 34.1 Å². The zero-order chi connectivity index (χ0) is 15.8. The minimum atomic E-state index is -0.183. The molecule has 0 spiro atoms. The Kier molecular flexibility index (Phi) is 7.67. The fourth-order valence-electron chi connectivity index (χ4n) is 2.31. The SMILES string of the molecule is CC(C)OC(=O)CN1CCCN(CC(=O)OC(C)C)CC1. The van der Waals surface area contributed by atoms with Crippen LogP contribution in [0.5, 0.6) is 0 Å². The molecule has 122 valence electrons. The molecule has 0 aromatic heterocycles. The van der Waals surface area contributed by atoms with E-state index in [-0.39, 0.29) is 24.1 Å². The lowest BCUT2D eigenvalue weighted by Crippen LogP contribution is -2.37. The van der Waals surface area contributed by atoms with Gasteiger partial charge in [-0.2, -0.15) is 0 Å². The third kappa shape index (κ3) is 8.02. The molecule has 1 rings (SSSR count). The summed E-state index contributed by atoms with van der Waals surface area (Å²) in [5, 5.41) is 0. The molecule has 1 saturated heterocycles. The standard InChI is InChI=1S/C15H28N2O4/c1-12(2)20-14(18)10-16-6-5-7-17(9-8-16)11-15(19)21-13(3)4/h12-13H,5-11H2,1-4H3. The van der Waals surface area contributed by atoms with E-state index in [1.807, 2.05) is 27.7 Å². The molecular formula is C15H28N2O4. The molecule has 21 heavy (non-hydrogen) atoms. The third-order valence-corrected chi connectivity index (χ3v) is 3.12. The summed E-state index contributed by atoms with van der Waals surface area (Å²) < 4.78 is 10.3. The van der Waals surface area contributed by atoms with Gasteiger partial charge in [-0.3, -0.25) is 19.4 Å². The van der Waals surface area contributed by atoms with Gasteiger partial charge < -0.3 is 9.47 Å². The number of carbonyl (C=O) groups excluding carboxylic acids is 2. The van der Waals surface area contributed by atoms with Crippen LogP contribution in [-0.4, -0.2) is 73.2 Å². The van der Waals surface area contributed by atoms with E-state index in [1.165, 1.54) is 0 Å². The molecule has 6 heteroatoms. The first kappa shape index (κ1) is 17.9. The van der Waals surface area contributed by atoms with Crippen LogP contribution in [0.3, 0.4) is 0 Å².